The molecule has 6 heteroatoms. The topological polar surface area (TPSA) is 63.8 Å². The van der Waals surface area contributed by atoms with Crippen molar-refractivity contribution in [1.82, 2.24) is 9.97 Å². The van der Waals surface area contributed by atoms with Crippen LogP contribution in [-0.2, 0) is 0 Å². The zero-order valence-corrected chi connectivity index (χ0v) is 11.1. The molecular formula is C12H14FN4P. The van der Waals surface area contributed by atoms with Crippen molar-refractivity contribution < 1.29 is 4.39 Å². The molecule has 0 saturated heterocycles. The van der Waals surface area contributed by atoms with Gasteiger partial charge in [0.05, 0.1) is 6.20 Å². The quantitative estimate of drug-likeness (QED) is 0.835. The van der Waals surface area contributed by atoms with E-state index in [1.54, 1.807) is 0 Å². The summed E-state index contributed by atoms with van der Waals surface area (Å²) in [7, 11) is -0.289. The van der Waals surface area contributed by atoms with Crippen molar-refractivity contribution in [2.45, 2.75) is 0 Å². The highest BCUT2D eigenvalue weighted by atomic mass is 31.1. The second kappa shape index (κ2) is 5.27. The molecule has 4 nitrogen and oxygen atoms in total. The summed E-state index contributed by atoms with van der Waals surface area (Å²) < 4.78 is 13.6. The summed E-state index contributed by atoms with van der Waals surface area (Å²) in [6, 6.07) is 7.78. The smallest absolute Gasteiger partial charge is 0.222 e. The first kappa shape index (κ1) is 12.7. The van der Waals surface area contributed by atoms with Crippen LogP contribution in [0, 0.1) is 5.82 Å². The lowest BCUT2D eigenvalue weighted by Gasteiger charge is -2.14. The van der Waals surface area contributed by atoms with Gasteiger partial charge in [0, 0.05) is 5.69 Å². The van der Waals surface area contributed by atoms with Gasteiger partial charge in [0.15, 0.2) is 11.6 Å². The second-order valence-corrected chi connectivity index (χ2v) is 6.23. The Labute approximate surface area is 106 Å². The standard InChI is InChI=1S/C12H14FN4P/c1-18(2)10-6-4-3-5-9(10)16-11-8(13)7-15-12(14)17-11/h3-7H,1-2H3,(H3,14,15,16,17). The van der Waals surface area contributed by atoms with Gasteiger partial charge >= 0.3 is 0 Å². The van der Waals surface area contributed by atoms with Gasteiger partial charge in [-0.2, -0.15) is 4.98 Å². The van der Waals surface area contributed by atoms with Gasteiger partial charge in [-0.05, 0) is 24.7 Å². The summed E-state index contributed by atoms with van der Waals surface area (Å²) in [6.45, 7) is 4.28. The predicted octanol–water partition coefficient (Wildman–Crippen LogP) is 2.31. The minimum atomic E-state index is -0.518. The van der Waals surface area contributed by atoms with Gasteiger partial charge in [-0.25, -0.2) is 9.37 Å². The normalized spacial score (nSPS) is 10.7. The number of para-hydroxylation sites is 1. The molecule has 0 saturated carbocycles. The van der Waals surface area contributed by atoms with Crippen LogP contribution in [0.25, 0.3) is 0 Å². The Hall–Kier alpha value is -1.74. The molecule has 0 aliphatic rings. The monoisotopic (exact) mass is 264 g/mol. The van der Waals surface area contributed by atoms with E-state index in [4.69, 9.17) is 5.73 Å². The van der Waals surface area contributed by atoms with Crippen molar-refractivity contribution >= 4 is 30.7 Å². The lowest BCUT2D eigenvalue weighted by molar-refractivity contribution is 0.620. The van der Waals surface area contributed by atoms with E-state index in [-0.39, 0.29) is 19.7 Å². The first-order valence-electron chi connectivity index (χ1n) is 5.39. The van der Waals surface area contributed by atoms with Crippen molar-refractivity contribution in [3.63, 3.8) is 0 Å². The van der Waals surface area contributed by atoms with E-state index in [0.717, 1.165) is 17.2 Å². The largest absolute Gasteiger partial charge is 0.368 e. The van der Waals surface area contributed by atoms with Gasteiger partial charge in [0.25, 0.3) is 0 Å². The van der Waals surface area contributed by atoms with Crippen molar-refractivity contribution in [3.8, 4) is 0 Å². The minimum Gasteiger partial charge on any atom is -0.368 e. The van der Waals surface area contributed by atoms with Crippen LogP contribution in [-0.4, -0.2) is 23.3 Å². The Morgan fingerprint density at radius 1 is 1.28 bits per heavy atom. The maximum absolute atomic E-state index is 13.6. The fourth-order valence-electron chi connectivity index (χ4n) is 1.57. The summed E-state index contributed by atoms with van der Waals surface area (Å²) >= 11 is 0. The maximum Gasteiger partial charge on any atom is 0.222 e. The van der Waals surface area contributed by atoms with Crippen molar-refractivity contribution in [2.75, 3.05) is 24.4 Å². The third kappa shape index (κ3) is 2.74. The Morgan fingerprint density at radius 3 is 2.72 bits per heavy atom. The van der Waals surface area contributed by atoms with Gasteiger partial charge in [-0.15, -0.1) is 0 Å². The molecule has 2 aromatic rings. The second-order valence-electron chi connectivity index (χ2n) is 3.96. The van der Waals surface area contributed by atoms with Gasteiger partial charge in [-0.1, -0.05) is 26.1 Å². The Morgan fingerprint density at radius 2 is 2.00 bits per heavy atom. The lowest BCUT2D eigenvalue weighted by atomic mass is 10.3. The zero-order valence-electron chi connectivity index (χ0n) is 10.2. The third-order valence-electron chi connectivity index (χ3n) is 2.40. The molecule has 18 heavy (non-hydrogen) atoms. The number of halogens is 1. The zero-order chi connectivity index (χ0) is 13.1. The lowest BCUT2D eigenvalue weighted by Crippen LogP contribution is -2.09. The van der Waals surface area contributed by atoms with Gasteiger partial charge in [0.2, 0.25) is 5.95 Å². The summed E-state index contributed by atoms with van der Waals surface area (Å²) in [6.07, 6.45) is 1.06. The molecule has 2 rings (SSSR count). The number of aromatic nitrogens is 2. The first-order chi connectivity index (χ1) is 8.58. The molecule has 1 aromatic heterocycles. The summed E-state index contributed by atoms with van der Waals surface area (Å²) in [5.74, 6) is -0.367. The van der Waals surface area contributed by atoms with Crippen LogP contribution in [0.15, 0.2) is 30.5 Å². The highest BCUT2D eigenvalue weighted by Crippen LogP contribution is 2.29. The molecule has 0 bridgehead atoms. The number of nitrogens with zero attached hydrogens (tertiary/aromatic N) is 2. The van der Waals surface area contributed by atoms with E-state index < -0.39 is 5.82 Å². The van der Waals surface area contributed by atoms with Gasteiger partial charge in [0.1, 0.15) is 0 Å². The first-order valence-corrected chi connectivity index (χ1v) is 7.63. The van der Waals surface area contributed by atoms with E-state index in [0.29, 0.717) is 0 Å². The number of nitrogens with two attached hydrogens (primary N) is 1. The molecule has 1 heterocycles. The number of anilines is 3. The van der Waals surface area contributed by atoms with Gasteiger partial charge < -0.3 is 11.1 Å². The van der Waals surface area contributed by atoms with E-state index in [1.807, 2.05) is 24.3 Å². The number of nitrogen functional groups attached to an aromatic ring is 1. The van der Waals surface area contributed by atoms with Crippen molar-refractivity contribution in [1.29, 1.82) is 0 Å². The number of nitrogens with one attached hydrogen (secondary N) is 1. The van der Waals surface area contributed by atoms with E-state index >= 15 is 0 Å². The van der Waals surface area contributed by atoms with Crippen molar-refractivity contribution in [3.05, 3.63) is 36.3 Å². The van der Waals surface area contributed by atoms with Crippen LogP contribution in [0.4, 0.5) is 21.8 Å². The van der Waals surface area contributed by atoms with Crippen LogP contribution in [0.2, 0.25) is 0 Å². The van der Waals surface area contributed by atoms with Gasteiger partial charge in [-0.3, -0.25) is 0 Å². The SMILES string of the molecule is CP(C)c1ccccc1Nc1nc(N)ncc1F. The maximum atomic E-state index is 13.6. The van der Waals surface area contributed by atoms with E-state index in [9.17, 15) is 4.39 Å². The molecular weight excluding hydrogens is 250 g/mol. The molecule has 0 spiro atoms. The Kier molecular flexibility index (Phi) is 3.72. The molecule has 0 atom stereocenters. The average molecular weight is 264 g/mol. The Balaban J connectivity index is 2.37. The molecule has 0 radical (unpaired) electrons. The molecule has 0 aliphatic carbocycles. The summed E-state index contributed by atoms with van der Waals surface area (Å²) in [5.41, 5.74) is 6.31. The molecule has 94 valence electrons. The van der Waals surface area contributed by atoms with Crippen molar-refractivity contribution in [2.24, 2.45) is 0 Å². The van der Waals surface area contributed by atoms with Crippen LogP contribution < -0.4 is 16.4 Å². The van der Waals surface area contributed by atoms with Crippen LogP contribution in [0.5, 0.6) is 0 Å². The predicted molar refractivity (Wildman–Crippen MR) is 74.5 cm³/mol. The molecule has 1 aromatic carbocycles. The molecule has 0 unspecified atom stereocenters. The van der Waals surface area contributed by atoms with E-state index in [2.05, 4.69) is 28.6 Å². The van der Waals surface area contributed by atoms with Crippen LogP contribution in [0.3, 0.4) is 0 Å². The third-order valence-corrected chi connectivity index (χ3v) is 3.76. The number of benzene rings is 1. The molecule has 0 fully saturated rings. The van der Waals surface area contributed by atoms with Crippen LogP contribution in [0.1, 0.15) is 0 Å². The number of hydrogen-bond donors (Lipinski definition) is 2. The number of hydrogen-bond acceptors (Lipinski definition) is 4. The minimum absolute atomic E-state index is 0.0478. The fourth-order valence-corrected chi connectivity index (χ4v) is 2.56. The highest BCUT2D eigenvalue weighted by molar-refractivity contribution is 7.64. The average Bonchev–Trinajstić information content (AvgIpc) is 2.34. The molecule has 0 aliphatic heterocycles. The Bertz CT molecular complexity index is 560. The fraction of sp³-hybridized carbons (Fsp3) is 0.167. The highest BCUT2D eigenvalue weighted by Gasteiger charge is 2.10. The molecule has 0 amide bonds. The van der Waals surface area contributed by atoms with E-state index in [1.165, 1.54) is 0 Å². The number of rotatable bonds is 3. The summed E-state index contributed by atoms with van der Waals surface area (Å²) in [5, 5.41) is 4.13. The van der Waals surface area contributed by atoms with Crippen LogP contribution >= 0.6 is 7.92 Å². The summed E-state index contributed by atoms with van der Waals surface area (Å²) in [4.78, 5) is 7.45. The molecule has 3 N–H and O–H groups in total.